The summed E-state index contributed by atoms with van der Waals surface area (Å²) in [6.45, 7) is 4.08. The molecule has 0 aromatic carbocycles. The maximum absolute atomic E-state index is 11.8. The zero-order valence-electron chi connectivity index (χ0n) is 9.97. The largest absolute Gasteiger partial charge is 0.327 e. The lowest BCUT2D eigenvalue weighted by atomic mass is 10.1. The highest BCUT2D eigenvalue weighted by Crippen LogP contribution is 2.12. The number of rotatable bonds is 2. The lowest BCUT2D eigenvalue weighted by Gasteiger charge is -1.96. The van der Waals surface area contributed by atoms with E-state index in [0.717, 1.165) is 5.69 Å². The van der Waals surface area contributed by atoms with Gasteiger partial charge in [-0.25, -0.2) is 0 Å². The van der Waals surface area contributed by atoms with Gasteiger partial charge in [-0.2, -0.15) is 10.1 Å². The second-order valence-corrected chi connectivity index (χ2v) is 4.95. The van der Waals surface area contributed by atoms with Gasteiger partial charge in [-0.3, -0.25) is 9.89 Å². The molecule has 0 radical (unpaired) electrons. The van der Waals surface area contributed by atoms with Crippen molar-refractivity contribution in [3.63, 3.8) is 0 Å². The molecule has 2 rings (SSSR count). The van der Waals surface area contributed by atoms with Crippen molar-refractivity contribution in [3.05, 3.63) is 33.8 Å². The van der Waals surface area contributed by atoms with E-state index in [0.29, 0.717) is 16.4 Å². The van der Waals surface area contributed by atoms with E-state index in [1.165, 1.54) is 11.3 Å². The Morgan fingerprint density at radius 2 is 2.35 bits per heavy atom. The molecule has 0 spiro atoms. The second kappa shape index (κ2) is 4.67. The highest BCUT2D eigenvalue weighted by atomic mass is 32.1. The van der Waals surface area contributed by atoms with Crippen molar-refractivity contribution in [2.45, 2.75) is 19.8 Å². The first-order valence-corrected chi connectivity index (χ1v) is 6.20. The molecule has 0 fully saturated rings. The summed E-state index contributed by atoms with van der Waals surface area (Å²) in [5, 5.41) is 8.71. The molecule has 5 nitrogen and oxygen atoms in total. The molecule has 6 heteroatoms. The normalized spacial score (nSPS) is 12.4. The van der Waals surface area contributed by atoms with Gasteiger partial charge in [-0.1, -0.05) is 13.8 Å². The van der Waals surface area contributed by atoms with E-state index in [1.54, 1.807) is 10.6 Å². The molecule has 1 N–H and O–H groups in total. The summed E-state index contributed by atoms with van der Waals surface area (Å²) in [5.41, 5.74) is 1.31. The number of carbonyl (C=O) groups is 1. The Balaban J connectivity index is 2.29. The molecule has 2 aromatic rings. The predicted octanol–water partition coefficient (Wildman–Crippen LogP) is 1.67. The summed E-state index contributed by atoms with van der Waals surface area (Å²) in [6.07, 6.45) is 1.86. The van der Waals surface area contributed by atoms with E-state index < -0.39 is 0 Å². The monoisotopic (exact) mass is 250 g/mol. The fraction of sp³-hybridized carbons (Fsp3) is 0.364. The van der Waals surface area contributed by atoms with Gasteiger partial charge in [0.25, 0.3) is 5.91 Å². The van der Waals surface area contributed by atoms with Crippen molar-refractivity contribution in [2.24, 2.45) is 12.0 Å². The van der Waals surface area contributed by atoms with Crippen LogP contribution in [0.3, 0.4) is 0 Å². The van der Waals surface area contributed by atoms with Crippen LogP contribution in [0.25, 0.3) is 0 Å². The number of hydrogen-bond acceptors (Lipinski definition) is 3. The van der Waals surface area contributed by atoms with E-state index in [4.69, 9.17) is 0 Å². The van der Waals surface area contributed by atoms with Crippen LogP contribution in [0.5, 0.6) is 0 Å². The highest BCUT2D eigenvalue weighted by molar-refractivity contribution is 7.07. The number of nitrogens with one attached hydrogen (secondary N) is 1. The van der Waals surface area contributed by atoms with Gasteiger partial charge in [0.2, 0.25) is 0 Å². The molecular formula is C11H14N4OS. The summed E-state index contributed by atoms with van der Waals surface area (Å²) in [7, 11) is 1.85. The van der Waals surface area contributed by atoms with Gasteiger partial charge in [-0.15, -0.1) is 11.3 Å². The number of aromatic amines is 1. The Hall–Kier alpha value is -1.69. The van der Waals surface area contributed by atoms with Crippen LogP contribution in [0.4, 0.5) is 0 Å². The Kier molecular flexibility index (Phi) is 3.23. The molecule has 17 heavy (non-hydrogen) atoms. The lowest BCUT2D eigenvalue weighted by molar-refractivity contribution is 0.0993. The van der Waals surface area contributed by atoms with Crippen LogP contribution in [0, 0.1) is 0 Å². The molecule has 0 unspecified atom stereocenters. The second-order valence-electron chi connectivity index (χ2n) is 4.08. The first-order chi connectivity index (χ1) is 8.08. The predicted molar refractivity (Wildman–Crippen MR) is 65.9 cm³/mol. The first kappa shape index (κ1) is 11.8. The quantitative estimate of drug-likeness (QED) is 0.881. The molecule has 0 bridgehead atoms. The van der Waals surface area contributed by atoms with E-state index in [1.807, 2.05) is 32.5 Å². The number of aromatic nitrogens is 3. The molecular weight excluding hydrogens is 236 g/mol. The SMILES string of the molecule is CC(C)c1cc(C(=O)N=c2sccn2C)n[nH]1. The smallest absolute Gasteiger partial charge is 0.300 e. The zero-order valence-corrected chi connectivity index (χ0v) is 10.8. The number of aryl methyl sites for hydroxylation is 1. The van der Waals surface area contributed by atoms with Crippen LogP contribution < -0.4 is 4.80 Å². The van der Waals surface area contributed by atoms with Crippen molar-refractivity contribution < 1.29 is 4.79 Å². The minimum atomic E-state index is -0.314. The molecule has 0 aliphatic rings. The van der Waals surface area contributed by atoms with Crippen LogP contribution in [0.15, 0.2) is 22.6 Å². The summed E-state index contributed by atoms with van der Waals surface area (Å²) in [4.78, 5) is 16.5. The van der Waals surface area contributed by atoms with Gasteiger partial charge < -0.3 is 4.57 Å². The fourth-order valence-corrected chi connectivity index (χ4v) is 2.05. The standard InChI is InChI=1S/C11H14N4OS/c1-7(2)8-6-9(14-13-8)10(16)12-11-15(3)4-5-17-11/h4-7H,1-3H3,(H,13,14). The summed E-state index contributed by atoms with van der Waals surface area (Å²) in [6, 6.07) is 1.75. The average Bonchev–Trinajstić information content (AvgIpc) is 2.88. The summed E-state index contributed by atoms with van der Waals surface area (Å²) in [5.74, 6) is 0.00750. The third kappa shape index (κ3) is 2.52. The average molecular weight is 250 g/mol. The van der Waals surface area contributed by atoms with Gasteiger partial charge in [0, 0.05) is 24.3 Å². The molecule has 0 aliphatic carbocycles. The molecule has 2 heterocycles. The topological polar surface area (TPSA) is 63.0 Å². The number of H-pyrrole nitrogens is 1. The summed E-state index contributed by atoms with van der Waals surface area (Å²) >= 11 is 1.42. The van der Waals surface area contributed by atoms with E-state index in [-0.39, 0.29) is 5.91 Å². The Morgan fingerprint density at radius 3 is 2.88 bits per heavy atom. The van der Waals surface area contributed by atoms with Crippen molar-refractivity contribution >= 4 is 17.2 Å². The van der Waals surface area contributed by atoms with Crippen LogP contribution in [-0.2, 0) is 7.05 Å². The minimum Gasteiger partial charge on any atom is -0.327 e. The maximum atomic E-state index is 11.8. The third-order valence-corrected chi connectivity index (χ3v) is 3.24. The number of nitrogens with zero attached hydrogens (tertiary/aromatic N) is 3. The minimum absolute atomic E-state index is 0.314. The Labute approximate surface area is 103 Å². The molecule has 0 saturated carbocycles. The lowest BCUT2D eigenvalue weighted by Crippen LogP contribution is -2.12. The third-order valence-electron chi connectivity index (χ3n) is 2.40. The van der Waals surface area contributed by atoms with Gasteiger partial charge in [-0.05, 0) is 12.0 Å². The highest BCUT2D eigenvalue weighted by Gasteiger charge is 2.11. The van der Waals surface area contributed by atoms with Crippen molar-refractivity contribution in [3.8, 4) is 0 Å². The Morgan fingerprint density at radius 1 is 1.59 bits per heavy atom. The van der Waals surface area contributed by atoms with Crippen LogP contribution in [0.1, 0.15) is 35.9 Å². The van der Waals surface area contributed by atoms with Crippen LogP contribution in [-0.4, -0.2) is 20.7 Å². The number of amides is 1. The summed E-state index contributed by atoms with van der Waals surface area (Å²) < 4.78 is 1.80. The van der Waals surface area contributed by atoms with Crippen LogP contribution >= 0.6 is 11.3 Å². The number of thiazole rings is 1. The Bertz CT molecular complexity index is 590. The van der Waals surface area contributed by atoms with Crippen molar-refractivity contribution in [2.75, 3.05) is 0 Å². The van der Waals surface area contributed by atoms with Gasteiger partial charge in [0.05, 0.1) is 0 Å². The molecule has 2 aromatic heterocycles. The number of hydrogen-bond donors (Lipinski definition) is 1. The van der Waals surface area contributed by atoms with Gasteiger partial charge in [0.1, 0.15) is 0 Å². The van der Waals surface area contributed by atoms with Crippen LogP contribution in [0.2, 0.25) is 0 Å². The molecule has 0 aliphatic heterocycles. The van der Waals surface area contributed by atoms with Crippen molar-refractivity contribution in [1.29, 1.82) is 0 Å². The molecule has 0 saturated heterocycles. The molecule has 1 amide bonds. The number of carbonyl (C=O) groups excluding carboxylic acids is 1. The van der Waals surface area contributed by atoms with E-state index in [9.17, 15) is 4.79 Å². The van der Waals surface area contributed by atoms with Gasteiger partial charge in [0.15, 0.2) is 10.5 Å². The van der Waals surface area contributed by atoms with Crippen molar-refractivity contribution in [1.82, 2.24) is 14.8 Å². The molecule has 0 atom stereocenters. The fourth-order valence-electron chi connectivity index (χ4n) is 1.32. The van der Waals surface area contributed by atoms with Gasteiger partial charge >= 0.3 is 0 Å². The maximum Gasteiger partial charge on any atom is 0.300 e. The first-order valence-electron chi connectivity index (χ1n) is 5.32. The zero-order chi connectivity index (χ0) is 12.4. The van der Waals surface area contributed by atoms with E-state index >= 15 is 0 Å². The molecule has 90 valence electrons. The van der Waals surface area contributed by atoms with E-state index in [2.05, 4.69) is 15.2 Å².